The Bertz CT molecular complexity index is 1070. The minimum Gasteiger partial charge on any atom is -0.365 e. The van der Waals surface area contributed by atoms with Gasteiger partial charge < -0.3 is 16.0 Å². The van der Waals surface area contributed by atoms with Crippen LogP contribution >= 0.6 is 11.3 Å². The van der Waals surface area contributed by atoms with Crippen molar-refractivity contribution in [3.05, 3.63) is 52.7 Å². The molecule has 1 aliphatic rings. The second kappa shape index (κ2) is 8.20. The van der Waals surface area contributed by atoms with Gasteiger partial charge >= 0.3 is 0 Å². The highest BCUT2D eigenvalue weighted by atomic mass is 32.1. The minimum absolute atomic E-state index is 0.00261. The van der Waals surface area contributed by atoms with Crippen LogP contribution in [0.25, 0.3) is 10.2 Å². The van der Waals surface area contributed by atoms with E-state index < -0.39 is 0 Å². The van der Waals surface area contributed by atoms with E-state index >= 15 is 0 Å². The van der Waals surface area contributed by atoms with Gasteiger partial charge in [-0.1, -0.05) is 12.1 Å². The van der Waals surface area contributed by atoms with Crippen molar-refractivity contribution in [3.8, 4) is 0 Å². The Kier molecular flexibility index (Phi) is 5.75. The third-order valence-corrected chi connectivity index (χ3v) is 6.61. The third-order valence-electron chi connectivity index (χ3n) is 5.65. The molecule has 31 heavy (non-hydrogen) atoms. The first-order chi connectivity index (χ1) is 14.6. The van der Waals surface area contributed by atoms with Crippen LogP contribution in [-0.2, 0) is 6.54 Å². The molecule has 0 atom stereocenters. The van der Waals surface area contributed by atoms with Crippen molar-refractivity contribution in [1.82, 2.24) is 20.6 Å². The maximum Gasteiger partial charge on any atom is 0.251 e. The van der Waals surface area contributed by atoms with Gasteiger partial charge in [-0.15, -0.1) is 11.3 Å². The standard InChI is InChI=1S/C24H31N5OS/c1-15-10-19-20(26-14-27-22(19)31-15)25-13-16-6-8-17(9-7-16)21(30)28-18-11-23(2,3)29-24(4,5)12-18/h6-10,14,18,29H,11-13H2,1-5H3,(H,28,30)(H,25,26,27). The molecule has 0 radical (unpaired) electrons. The van der Waals surface area contributed by atoms with E-state index in [-0.39, 0.29) is 23.0 Å². The molecule has 4 rings (SSSR count). The Morgan fingerprint density at radius 1 is 1.13 bits per heavy atom. The first kappa shape index (κ1) is 21.7. The van der Waals surface area contributed by atoms with Gasteiger partial charge in [-0.2, -0.15) is 0 Å². The molecule has 1 aromatic carbocycles. The third kappa shape index (κ3) is 5.22. The summed E-state index contributed by atoms with van der Waals surface area (Å²) in [5, 5.41) is 11.3. The van der Waals surface area contributed by atoms with Crippen LogP contribution in [0, 0.1) is 6.92 Å². The normalized spacial score (nSPS) is 18.1. The molecule has 7 heteroatoms. The molecule has 2 aromatic heterocycles. The highest BCUT2D eigenvalue weighted by Gasteiger charge is 2.38. The number of anilines is 1. The number of nitrogens with one attached hydrogen (secondary N) is 3. The molecule has 1 saturated heterocycles. The molecule has 0 saturated carbocycles. The average Bonchev–Trinajstić information content (AvgIpc) is 3.05. The summed E-state index contributed by atoms with van der Waals surface area (Å²) in [5.41, 5.74) is 1.79. The number of hydrogen-bond acceptors (Lipinski definition) is 6. The van der Waals surface area contributed by atoms with Gasteiger partial charge in [0, 0.05) is 34.1 Å². The predicted molar refractivity (Wildman–Crippen MR) is 128 cm³/mol. The first-order valence-electron chi connectivity index (χ1n) is 10.7. The van der Waals surface area contributed by atoms with E-state index in [1.807, 2.05) is 24.3 Å². The van der Waals surface area contributed by atoms with E-state index in [4.69, 9.17) is 0 Å². The highest BCUT2D eigenvalue weighted by molar-refractivity contribution is 7.18. The number of hydrogen-bond donors (Lipinski definition) is 3. The summed E-state index contributed by atoms with van der Waals surface area (Å²) in [6, 6.07) is 10.1. The number of aromatic nitrogens is 2. The van der Waals surface area contributed by atoms with Crippen LogP contribution in [0.5, 0.6) is 0 Å². The van der Waals surface area contributed by atoms with Gasteiger partial charge in [0.1, 0.15) is 17.0 Å². The minimum atomic E-state index is -0.00994. The lowest BCUT2D eigenvalue weighted by Gasteiger charge is -2.46. The second-order valence-corrected chi connectivity index (χ2v) is 11.1. The molecular formula is C24H31N5OS. The van der Waals surface area contributed by atoms with Crippen LogP contribution in [0.4, 0.5) is 5.82 Å². The molecule has 3 aromatic rings. The molecule has 3 heterocycles. The lowest BCUT2D eigenvalue weighted by atomic mass is 9.79. The zero-order valence-electron chi connectivity index (χ0n) is 18.9. The second-order valence-electron chi connectivity index (χ2n) is 9.82. The van der Waals surface area contributed by atoms with Crippen molar-refractivity contribution < 1.29 is 4.79 Å². The predicted octanol–water partition coefficient (Wildman–Crippen LogP) is 4.65. The van der Waals surface area contributed by atoms with E-state index in [1.54, 1.807) is 17.7 Å². The SMILES string of the molecule is Cc1cc2c(NCc3ccc(C(=O)NC4CC(C)(C)NC(C)(C)C4)cc3)ncnc2s1. The molecule has 6 nitrogen and oxygen atoms in total. The Morgan fingerprint density at radius 3 is 2.48 bits per heavy atom. The van der Waals surface area contributed by atoms with E-state index in [0.717, 1.165) is 34.4 Å². The van der Waals surface area contributed by atoms with E-state index in [1.165, 1.54) is 4.88 Å². The molecular weight excluding hydrogens is 406 g/mol. The Labute approximate surface area is 187 Å². The quantitative estimate of drug-likeness (QED) is 0.541. The van der Waals surface area contributed by atoms with Gasteiger partial charge in [-0.05, 0) is 71.2 Å². The summed E-state index contributed by atoms with van der Waals surface area (Å²) in [4.78, 5) is 23.7. The van der Waals surface area contributed by atoms with Gasteiger partial charge in [0.2, 0.25) is 0 Å². The molecule has 1 fully saturated rings. The molecule has 1 amide bonds. The van der Waals surface area contributed by atoms with Crippen LogP contribution < -0.4 is 16.0 Å². The summed E-state index contributed by atoms with van der Waals surface area (Å²) in [7, 11) is 0. The number of aryl methyl sites for hydroxylation is 1. The fraction of sp³-hybridized carbons (Fsp3) is 0.458. The number of amides is 1. The number of carbonyl (C=O) groups excluding carboxylic acids is 1. The van der Waals surface area contributed by atoms with Crippen molar-refractivity contribution in [1.29, 1.82) is 0 Å². The summed E-state index contributed by atoms with van der Waals surface area (Å²) in [6.45, 7) is 11.5. The van der Waals surface area contributed by atoms with Crippen molar-refractivity contribution in [2.45, 2.75) is 71.1 Å². The summed E-state index contributed by atoms with van der Waals surface area (Å²) >= 11 is 1.67. The van der Waals surface area contributed by atoms with E-state index in [0.29, 0.717) is 12.1 Å². The van der Waals surface area contributed by atoms with Gasteiger partial charge in [0.15, 0.2) is 0 Å². The number of thiophene rings is 1. The Morgan fingerprint density at radius 2 is 1.81 bits per heavy atom. The number of rotatable bonds is 5. The first-order valence-corrected chi connectivity index (χ1v) is 11.6. The number of benzene rings is 1. The highest BCUT2D eigenvalue weighted by Crippen LogP contribution is 2.29. The zero-order chi connectivity index (χ0) is 22.2. The maximum atomic E-state index is 12.8. The topological polar surface area (TPSA) is 78.9 Å². The monoisotopic (exact) mass is 437 g/mol. The lowest BCUT2D eigenvalue weighted by molar-refractivity contribution is 0.0873. The molecule has 1 aliphatic heterocycles. The van der Waals surface area contributed by atoms with Gasteiger partial charge in [0.05, 0.1) is 5.39 Å². The number of carbonyl (C=O) groups is 1. The molecule has 164 valence electrons. The van der Waals surface area contributed by atoms with Gasteiger partial charge in [-0.25, -0.2) is 9.97 Å². The summed E-state index contributed by atoms with van der Waals surface area (Å²) < 4.78 is 0. The fourth-order valence-corrected chi connectivity index (χ4v) is 5.62. The van der Waals surface area contributed by atoms with E-state index in [2.05, 4.69) is 66.6 Å². The van der Waals surface area contributed by atoms with Crippen LogP contribution in [-0.4, -0.2) is 33.0 Å². The molecule has 3 N–H and O–H groups in total. The lowest BCUT2D eigenvalue weighted by Crippen LogP contribution is -2.62. The Balaban J connectivity index is 1.38. The molecule has 0 spiro atoms. The fourth-order valence-electron chi connectivity index (χ4n) is 4.77. The van der Waals surface area contributed by atoms with Crippen LogP contribution in [0.15, 0.2) is 36.7 Å². The largest absolute Gasteiger partial charge is 0.365 e. The Hall–Kier alpha value is -2.51. The molecule has 0 bridgehead atoms. The number of piperidine rings is 1. The van der Waals surface area contributed by atoms with Crippen molar-refractivity contribution in [2.75, 3.05) is 5.32 Å². The summed E-state index contributed by atoms with van der Waals surface area (Å²) in [6.07, 6.45) is 3.43. The molecule has 0 unspecified atom stereocenters. The van der Waals surface area contributed by atoms with Gasteiger partial charge in [-0.3, -0.25) is 4.79 Å². The van der Waals surface area contributed by atoms with Crippen molar-refractivity contribution in [2.24, 2.45) is 0 Å². The maximum absolute atomic E-state index is 12.8. The number of fused-ring (bicyclic) bond motifs is 1. The van der Waals surface area contributed by atoms with Crippen LogP contribution in [0.3, 0.4) is 0 Å². The van der Waals surface area contributed by atoms with Gasteiger partial charge in [0.25, 0.3) is 5.91 Å². The van der Waals surface area contributed by atoms with Crippen molar-refractivity contribution >= 4 is 33.3 Å². The van der Waals surface area contributed by atoms with Crippen LogP contribution in [0.1, 0.15) is 61.3 Å². The number of nitrogens with zero attached hydrogens (tertiary/aromatic N) is 2. The van der Waals surface area contributed by atoms with Crippen LogP contribution in [0.2, 0.25) is 0 Å². The van der Waals surface area contributed by atoms with E-state index in [9.17, 15) is 4.79 Å². The summed E-state index contributed by atoms with van der Waals surface area (Å²) in [5.74, 6) is 0.830. The smallest absolute Gasteiger partial charge is 0.251 e. The zero-order valence-corrected chi connectivity index (χ0v) is 19.7. The molecule has 0 aliphatic carbocycles. The average molecular weight is 438 g/mol. The van der Waals surface area contributed by atoms with Crippen molar-refractivity contribution in [3.63, 3.8) is 0 Å².